The summed E-state index contributed by atoms with van der Waals surface area (Å²) in [4.78, 5) is 26.7. The molecule has 180 valence electrons. The van der Waals surface area contributed by atoms with Crippen LogP contribution in [0.25, 0.3) is 11.5 Å². The fraction of sp³-hybridized carbons (Fsp3) is 0.385. The van der Waals surface area contributed by atoms with Crippen molar-refractivity contribution in [1.29, 1.82) is 0 Å². The fourth-order valence-electron chi connectivity index (χ4n) is 3.43. The van der Waals surface area contributed by atoms with Gasteiger partial charge in [-0.25, -0.2) is 0 Å². The predicted octanol–water partition coefficient (Wildman–Crippen LogP) is 5.17. The Morgan fingerprint density at radius 2 is 1.76 bits per heavy atom. The van der Waals surface area contributed by atoms with E-state index < -0.39 is 5.25 Å². The molecule has 2 amide bonds. The van der Waals surface area contributed by atoms with Gasteiger partial charge in [0.25, 0.3) is 5.22 Å². The number of anilines is 1. The van der Waals surface area contributed by atoms with E-state index in [0.717, 1.165) is 23.2 Å². The van der Waals surface area contributed by atoms with Crippen LogP contribution in [0.15, 0.2) is 58.2 Å². The van der Waals surface area contributed by atoms with Crippen molar-refractivity contribution in [2.75, 3.05) is 18.9 Å². The Hall–Kier alpha value is -3.13. The second-order valence-corrected chi connectivity index (χ2v) is 10.5. The molecule has 0 spiro atoms. The highest BCUT2D eigenvalue weighted by molar-refractivity contribution is 8.00. The number of thioether (sulfide) groups is 1. The number of aryl methyl sites for hydroxylation is 1. The van der Waals surface area contributed by atoms with Crippen LogP contribution in [0.1, 0.15) is 45.7 Å². The van der Waals surface area contributed by atoms with Gasteiger partial charge in [0, 0.05) is 18.3 Å². The number of amides is 2. The number of carbonyl (C=O) groups excluding carboxylic acids is 2. The van der Waals surface area contributed by atoms with Gasteiger partial charge in [-0.3, -0.25) is 9.59 Å². The van der Waals surface area contributed by atoms with E-state index >= 15 is 0 Å². The van der Waals surface area contributed by atoms with Crippen LogP contribution in [0.3, 0.4) is 0 Å². The number of carbonyl (C=O) groups is 2. The van der Waals surface area contributed by atoms with E-state index in [9.17, 15) is 9.59 Å². The third kappa shape index (κ3) is 6.47. The van der Waals surface area contributed by atoms with Gasteiger partial charge >= 0.3 is 0 Å². The molecule has 7 nitrogen and oxygen atoms in total. The number of rotatable bonds is 8. The lowest BCUT2D eigenvalue weighted by Gasteiger charge is -2.20. The van der Waals surface area contributed by atoms with Crippen molar-refractivity contribution in [3.63, 3.8) is 0 Å². The summed E-state index contributed by atoms with van der Waals surface area (Å²) in [5.74, 6) is -0.0316. The van der Waals surface area contributed by atoms with Crippen LogP contribution in [0.2, 0.25) is 0 Å². The van der Waals surface area contributed by atoms with Crippen molar-refractivity contribution in [3.8, 4) is 11.5 Å². The second kappa shape index (κ2) is 10.9. The summed E-state index contributed by atoms with van der Waals surface area (Å²) in [5, 5.41) is 10.9. The summed E-state index contributed by atoms with van der Waals surface area (Å²) in [6.07, 6.45) is 0.811. The molecule has 0 bridgehead atoms. The van der Waals surface area contributed by atoms with Crippen molar-refractivity contribution >= 4 is 29.3 Å². The Morgan fingerprint density at radius 1 is 1.09 bits per heavy atom. The molecule has 0 fully saturated rings. The molecule has 0 radical (unpaired) electrons. The number of hydrogen-bond acceptors (Lipinski definition) is 6. The summed E-state index contributed by atoms with van der Waals surface area (Å²) < 4.78 is 5.77. The average molecular weight is 481 g/mol. The minimum atomic E-state index is -0.489. The van der Waals surface area contributed by atoms with Crippen LogP contribution < -0.4 is 5.32 Å². The molecule has 2 aromatic carbocycles. The number of nitrogens with zero attached hydrogens (tertiary/aromatic N) is 3. The number of nitrogens with one attached hydrogen (secondary N) is 1. The molecular formula is C26H32N4O3S. The molecule has 3 aromatic rings. The zero-order valence-electron chi connectivity index (χ0n) is 20.6. The van der Waals surface area contributed by atoms with Gasteiger partial charge in [-0.2, -0.15) is 0 Å². The molecule has 1 aromatic heterocycles. The second-order valence-electron chi connectivity index (χ2n) is 9.21. The van der Waals surface area contributed by atoms with Crippen LogP contribution in [0.5, 0.6) is 0 Å². The molecule has 34 heavy (non-hydrogen) atoms. The number of para-hydroxylation sites is 1. The summed E-state index contributed by atoms with van der Waals surface area (Å²) in [6, 6.07) is 15.7. The van der Waals surface area contributed by atoms with Crippen molar-refractivity contribution in [3.05, 3.63) is 59.7 Å². The molecule has 0 aliphatic rings. The van der Waals surface area contributed by atoms with Crippen LogP contribution >= 0.6 is 11.8 Å². The number of likely N-dealkylation sites (N-methyl/N-ethyl adjacent to an activating group) is 1. The third-order valence-corrected chi connectivity index (χ3v) is 6.38. The highest BCUT2D eigenvalue weighted by atomic mass is 32.2. The van der Waals surface area contributed by atoms with Crippen LogP contribution in [0.4, 0.5) is 5.69 Å². The lowest BCUT2D eigenvalue weighted by atomic mass is 9.87. The zero-order valence-corrected chi connectivity index (χ0v) is 21.4. The predicted molar refractivity (Wildman–Crippen MR) is 136 cm³/mol. The monoisotopic (exact) mass is 480 g/mol. The van der Waals surface area contributed by atoms with E-state index in [-0.39, 0.29) is 23.8 Å². The Balaban J connectivity index is 1.57. The van der Waals surface area contributed by atoms with Crippen LogP contribution in [0, 0.1) is 0 Å². The topological polar surface area (TPSA) is 88.3 Å². The first-order valence-corrected chi connectivity index (χ1v) is 12.2. The van der Waals surface area contributed by atoms with E-state index in [1.807, 2.05) is 43.3 Å². The summed E-state index contributed by atoms with van der Waals surface area (Å²) >= 11 is 1.18. The first kappa shape index (κ1) is 25.5. The molecule has 8 heteroatoms. The summed E-state index contributed by atoms with van der Waals surface area (Å²) in [6.45, 7) is 10.2. The SMILES string of the molecule is CCc1ccccc1NC(=O)CN(C)C(=O)C(C)Sc1nnc(-c2ccc(C(C)(C)C)cc2)o1. The zero-order chi connectivity index (χ0) is 24.9. The van der Waals surface area contributed by atoms with Gasteiger partial charge in [0.1, 0.15) is 0 Å². The highest BCUT2D eigenvalue weighted by Crippen LogP contribution is 2.29. The maximum atomic E-state index is 12.8. The minimum Gasteiger partial charge on any atom is -0.411 e. The first-order valence-electron chi connectivity index (χ1n) is 11.3. The molecule has 0 aliphatic heterocycles. The largest absolute Gasteiger partial charge is 0.411 e. The lowest BCUT2D eigenvalue weighted by Crippen LogP contribution is -2.39. The molecule has 1 atom stereocenters. The molecule has 0 saturated heterocycles. The quantitative estimate of drug-likeness (QED) is 0.447. The average Bonchev–Trinajstić information content (AvgIpc) is 3.26. The Bertz CT molecular complexity index is 1140. The molecule has 1 heterocycles. The number of aromatic nitrogens is 2. The molecule has 3 rings (SSSR count). The summed E-state index contributed by atoms with van der Waals surface area (Å²) in [7, 11) is 1.61. The van der Waals surface area contributed by atoms with Crippen molar-refractivity contribution in [1.82, 2.24) is 15.1 Å². The highest BCUT2D eigenvalue weighted by Gasteiger charge is 2.23. The van der Waals surface area contributed by atoms with E-state index in [1.165, 1.54) is 22.2 Å². The minimum absolute atomic E-state index is 0.0447. The standard InChI is InChI=1S/C26H32N4O3S/c1-7-18-10-8-9-11-21(18)27-22(31)16-30(6)24(32)17(2)34-25-29-28-23(33-25)19-12-14-20(15-13-19)26(3,4)5/h8-15,17H,7,16H2,1-6H3,(H,27,31). The van der Waals surface area contributed by atoms with E-state index in [2.05, 4.69) is 48.4 Å². The van der Waals surface area contributed by atoms with Gasteiger partial charge < -0.3 is 14.6 Å². The molecular weight excluding hydrogens is 448 g/mol. The maximum Gasteiger partial charge on any atom is 0.277 e. The normalized spacial score (nSPS) is 12.3. The van der Waals surface area contributed by atoms with E-state index in [0.29, 0.717) is 11.1 Å². The van der Waals surface area contributed by atoms with Crippen LogP contribution in [-0.2, 0) is 21.4 Å². The molecule has 0 saturated carbocycles. The maximum absolute atomic E-state index is 12.8. The fourth-order valence-corrected chi connectivity index (χ4v) is 4.23. The van der Waals surface area contributed by atoms with Gasteiger partial charge in [-0.05, 0) is 48.1 Å². The number of benzene rings is 2. The third-order valence-electron chi connectivity index (χ3n) is 5.46. The summed E-state index contributed by atoms with van der Waals surface area (Å²) in [5.41, 5.74) is 3.93. The van der Waals surface area contributed by atoms with Crippen LogP contribution in [-0.4, -0.2) is 45.8 Å². The van der Waals surface area contributed by atoms with Gasteiger partial charge in [0.2, 0.25) is 17.7 Å². The van der Waals surface area contributed by atoms with Crippen molar-refractivity contribution in [2.45, 2.75) is 56.9 Å². The molecule has 0 aliphatic carbocycles. The molecule has 1 N–H and O–H groups in total. The van der Waals surface area contributed by atoms with E-state index in [4.69, 9.17) is 4.42 Å². The smallest absolute Gasteiger partial charge is 0.277 e. The Morgan fingerprint density at radius 3 is 2.41 bits per heavy atom. The van der Waals surface area contributed by atoms with Gasteiger partial charge in [-0.15, -0.1) is 10.2 Å². The number of hydrogen-bond donors (Lipinski definition) is 1. The van der Waals surface area contributed by atoms with E-state index in [1.54, 1.807) is 14.0 Å². The van der Waals surface area contributed by atoms with Gasteiger partial charge in [-0.1, -0.05) is 69.8 Å². The Kier molecular flexibility index (Phi) is 8.15. The first-order chi connectivity index (χ1) is 16.1. The van der Waals surface area contributed by atoms with Gasteiger partial charge in [0.05, 0.1) is 11.8 Å². The van der Waals surface area contributed by atoms with Crippen molar-refractivity contribution in [2.24, 2.45) is 0 Å². The van der Waals surface area contributed by atoms with Crippen molar-refractivity contribution < 1.29 is 14.0 Å². The van der Waals surface area contributed by atoms with Gasteiger partial charge in [0.15, 0.2) is 0 Å². The molecule has 1 unspecified atom stereocenters. The lowest BCUT2D eigenvalue weighted by molar-refractivity contribution is -0.132. The Labute approximate surface area is 205 Å².